The van der Waals surface area contributed by atoms with Crippen molar-refractivity contribution in [1.29, 1.82) is 0 Å². The molecule has 0 unspecified atom stereocenters. The zero-order valence-corrected chi connectivity index (χ0v) is 17.5. The molecular formula is C23H23N5O3. The standard InChI is InChI=1S/C23H23N5O3/c1-3-28-18-8-5-4-7-17(18)24-23(28)25-22(29)16-14-27(2)26-21(16)15-9-10-19-20(13-15)31-12-6-11-30-19/h4-5,7-10,13-14H,3,6,11-12H2,1-2H3,(H,24,25,29). The minimum atomic E-state index is -0.264. The molecule has 8 nitrogen and oxygen atoms in total. The number of anilines is 1. The van der Waals surface area contributed by atoms with E-state index in [1.54, 1.807) is 17.9 Å². The van der Waals surface area contributed by atoms with Gasteiger partial charge in [0.15, 0.2) is 11.5 Å². The van der Waals surface area contributed by atoms with Gasteiger partial charge in [0.1, 0.15) is 5.69 Å². The molecule has 31 heavy (non-hydrogen) atoms. The number of aryl methyl sites for hydroxylation is 2. The van der Waals surface area contributed by atoms with E-state index < -0.39 is 0 Å². The predicted molar refractivity (Wildman–Crippen MR) is 118 cm³/mol. The van der Waals surface area contributed by atoms with Crippen molar-refractivity contribution in [3.8, 4) is 22.8 Å². The Balaban J connectivity index is 1.50. The second-order valence-corrected chi connectivity index (χ2v) is 7.40. The summed E-state index contributed by atoms with van der Waals surface area (Å²) in [5.41, 5.74) is 3.66. The van der Waals surface area contributed by atoms with Crippen LogP contribution in [0.3, 0.4) is 0 Å². The van der Waals surface area contributed by atoms with E-state index >= 15 is 0 Å². The van der Waals surface area contributed by atoms with Gasteiger partial charge in [-0.05, 0) is 37.3 Å². The number of nitrogens with one attached hydrogen (secondary N) is 1. The first-order chi connectivity index (χ1) is 15.1. The molecule has 2 aromatic heterocycles. The normalized spacial score (nSPS) is 13.2. The predicted octanol–water partition coefficient (Wildman–Crippen LogP) is 3.87. The van der Waals surface area contributed by atoms with Crippen LogP contribution in [0.5, 0.6) is 11.5 Å². The molecule has 1 amide bonds. The zero-order valence-electron chi connectivity index (χ0n) is 17.5. The largest absolute Gasteiger partial charge is 0.490 e. The summed E-state index contributed by atoms with van der Waals surface area (Å²) in [4.78, 5) is 17.8. The molecule has 2 aromatic carbocycles. The van der Waals surface area contributed by atoms with Crippen LogP contribution >= 0.6 is 0 Å². The highest BCUT2D eigenvalue weighted by atomic mass is 16.5. The SMILES string of the molecule is CCn1c(NC(=O)c2cn(C)nc2-c2ccc3c(c2)OCCCO3)nc2ccccc21. The van der Waals surface area contributed by atoms with Crippen molar-refractivity contribution in [3.05, 3.63) is 54.2 Å². The van der Waals surface area contributed by atoms with Crippen LogP contribution in [0.2, 0.25) is 0 Å². The molecule has 5 rings (SSSR count). The van der Waals surface area contributed by atoms with Crippen LogP contribution in [0, 0.1) is 0 Å². The van der Waals surface area contributed by atoms with Gasteiger partial charge in [-0.1, -0.05) is 12.1 Å². The molecule has 0 saturated heterocycles. The Morgan fingerprint density at radius 3 is 2.77 bits per heavy atom. The van der Waals surface area contributed by atoms with Gasteiger partial charge in [0.25, 0.3) is 5.91 Å². The second-order valence-electron chi connectivity index (χ2n) is 7.40. The van der Waals surface area contributed by atoms with Crippen molar-refractivity contribution in [2.45, 2.75) is 19.9 Å². The van der Waals surface area contributed by atoms with E-state index in [-0.39, 0.29) is 5.91 Å². The quantitative estimate of drug-likeness (QED) is 0.545. The van der Waals surface area contributed by atoms with E-state index in [2.05, 4.69) is 15.4 Å². The summed E-state index contributed by atoms with van der Waals surface area (Å²) >= 11 is 0. The second kappa shape index (κ2) is 7.79. The monoisotopic (exact) mass is 417 g/mol. The van der Waals surface area contributed by atoms with Gasteiger partial charge < -0.3 is 14.0 Å². The number of hydrogen-bond acceptors (Lipinski definition) is 5. The summed E-state index contributed by atoms with van der Waals surface area (Å²) in [6, 6.07) is 13.5. The van der Waals surface area contributed by atoms with Crippen molar-refractivity contribution in [3.63, 3.8) is 0 Å². The van der Waals surface area contributed by atoms with Gasteiger partial charge >= 0.3 is 0 Å². The molecule has 0 bridgehead atoms. The maximum absolute atomic E-state index is 13.2. The number of para-hydroxylation sites is 2. The first kappa shape index (κ1) is 19.2. The van der Waals surface area contributed by atoms with Crippen LogP contribution in [-0.2, 0) is 13.6 Å². The molecule has 0 atom stereocenters. The number of fused-ring (bicyclic) bond motifs is 2. The Bertz CT molecular complexity index is 1270. The van der Waals surface area contributed by atoms with E-state index in [1.165, 1.54) is 0 Å². The number of hydrogen-bond donors (Lipinski definition) is 1. The molecule has 0 saturated carbocycles. The fourth-order valence-corrected chi connectivity index (χ4v) is 3.84. The van der Waals surface area contributed by atoms with Crippen LogP contribution < -0.4 is 14.8 Å². The van der Waals surface area contributed by atoms with Crippen molar-refractivity contribution in [1.82, 2.24) is 19.3 Å². The lowest BCUT2D eigenvalue weighted by atomic mass is 10.1. The molecule has 0 radical (unpaired) electrons. The highest BCUT2D eigenvalue weighted by Gasteiger charge is 2.21. The average molecular weight is 417 g/mol. The number of nitrogens with zero attached hydrogens (tertiary/aromatic N) is 4. The van der Waals surface area contributed by atoms with Gasteiger partial charge in [0.05, 0.1) is 29.8 Å². The Morgan fingerprint density at radius 2 is 1.94 bits per heavy atom. The topological polar surface area (TPSA) is 83.2 Å². The van der Waals surface area contributed by atoms with Crippen LogP contribution in [0.1, 0.15) is 23.7 Å². The first-order valence-corrected chi connectivity index (χ1v) is 10.3. The molecule has 0 aliphatic carbocycles. The minimum absolute atomic E-state index is 0.264. The van der Waals surface area contributed by atoms with Crippen LogP contribution in [0.15, 0.2) is 48.7 Å². The first-order valence-electron chi connectivity index (χ1n) is 10.3. The third-order valence-electron chi connectivity index (χ3n) is 5.29. The lowest BCUT2D eigenvalue weighted by Crippen LogP contribution is -2.16. The fraction of sp³-hybridized carbons (Fsp3) is 0.261. The van der Waals surface area contributed by atoms with Gasteiger partial charge in [-0.3, -0.25) is 14.8 Å². The molecule has 158 valence electrons. The molecular weight excluding hydrogens is 394 g/mol. The van der Waals surface area contributed by atoms with Crippen molar-refractivity contribution >= 4 is 22.9 Å². The Morgan fingerprint density at radius 1 is 1.13 bits per heavy atom. The van der Waals surface area contributed by atoms with Gasteiger partial charge in [-0.2, -0.15) is 5.10 Å². The summed E-state index contributed by atoms with van der Waals surface area (Å²) < 4.78 is 15.1. The lowest BCUT2D eigenvalue weighted by molar-refractivity contribution is 0.102. The van der Waals surface area contributed by atoms with Gasteiger partial charge in [0, 0.05) is 31.8 Å². The van der Waals surface area contributed by atoms with Crippen LogP contribution in [0.25, 0.3) is 22.3 Å². The highest BCUT2D eigenvalue weighted by molar-refractivity contribution is 6.08. The van der Waals surface area contributed by atoms with E-state index in [4.69, 9.17) is 9.47 Å². The van der Waals surface area contributed by atoms with Crippen LogP contribution in [0.4, 0.5) is 5.95 Å². The number of aromatic nitrogens is 4. The molecule has 0 spiro atoms. The van der Waals surface area contributed by atoms with Crippen molar-refractivity contribution in [2.75, 3.05) is 18.5 Å². The number of imidazole rings is 1. The number of benzene rings is 2. The minimum Gasteiger partial charge on any atom is -0.490 e. The number of amides is 1. The fourth-order valence-electron chi connectivity index (χ4n) is 3.84. The van der Waals surface area contributed by atoms with E-state index in [0.717, 1.165) is 23.0 Å². The van der Waals surface area contributed by atoms with Gasteiger partial charge in [-0.25, -0.2) is 4.98 Å². The van der Waals surface area contributed by atoms with Crippen molar-refractivity contribution < 1.29 is 14.3 Å². The molecule has 1 N–H and O–H groups in total. The third-order valence-corrected chi connectivity index (χ3v) is 5.29. The summed E-state index contributed by atoms with van der Waals surface area (Å²) in [6.45, 7) is 3.94. The number of carbonyl (C=O) groups excluding carboxylic acids is 1. The molecule has 1 aliphatic rings. The number of rotatable bonds is 4. The van der Waals surface area contributed by atoms with E-state index in [9.17, 15) is 4.79 Å². The summed E-state index contributed by atoms with van der Waals surface area (Å²) in [6.07, 6.45) is 2.55. The third kappa shape index (κ3) is 3.50. The molecule has 8 heteroatoms. The summed E-state index contributed by atoms with van der Waals surface area (Å²) in [5, 5.41) is 7.50. The molecule has 4 aromatic rings. The maximum atomic E-state index is 13.2. The number of carbonyl (C=O) groups is 1. The Kier molecular flexibility index (Phi) is 4.82. The molecule has 0 fully saturated rings. The number of ether oxygens (including phenoxy) is 2. The van der Waals surface area contributed by atoms with Gasteiger partial charge in [0.2, 0.25) is 5.95 Å². The van der Waals surface area contributed by atoms with E-state index in [0.29, 0.717) is 48.5 Å². The maximum Gasteiger partial charge on any atom is 0.261 e. The summed E-state index contributed by atoms with van der Waals surface area (Å²) in [7, 11) is 1.80. The smallest absolute Gasteiger partial charge is 0.261 e. The summed E-state index contributed by atoms with van der Waals surface area (Å²) in [5.74, 6) is 1.63. The highest BCUT2D eigenvalue weighted by Crippen LogP contribution is 2.35. The Labute approximate surface area is 179 Å². The average Bonchev–Trinajstić information content (AvgIpc) is 3.24. The van der Waals surface area contributed by atoms with Crippen molar-refractivity contribution in [2.24, 2.45) is 7.05 Å². The van der Waals surface area contributed by atoms with Crippen LogP contribution in [-0.4, -0.2) is 38.5 Å². The van der Waals surface area contributed by atoms with E-state index in [1.807, 2.05) is 54.0 Å². The molecule has 1 aliphatic heterocycles. The molecule has 3 heterocycles. The Hall–Kier alpha value is -3.81. The zero-order chi connectivity index (χ0) is 21.4. The lowest BCUT2D eigenvalue weighted by Gasteiger charge is -2.10. The van der Waals surface area contributed by atoms with Gasteiger partial charge in [-0.15, -0.1) is 0 Å².